The Morgan fingerprint density at radius 1 is 1.29 bits per heavy atom. The molecule has 0 spiro atoms. The van der Waals surface area contributed by atoms with Gasteiger partial charge in [-0.1, -0.05) is 0 Å². The molecule has 2 rings (SSSR count). The van der Waals surface area contributed by atoms with Gasteiger partial charge in [0.15, 0.2) is 11.5 Å². The molecule has 0 fully saturated rings. The van der Waals surface area contributed by atoms with Crippen molar-refractivity contribution in [2.45, 2.75) is 0 Å². The largest absolute Gasteiger partial charge is 0.464 e. The van der Waals surface area contributed by atoms with E-state index in [4.69, 9.17) is 0 Å². The van der Waals surface area contributed by atoms with Crippen LogP contribution in [-0.4, -0.2) is 32.6 Å². The molecule has 88 valence electrons. The van der Waals surface area contributed by atoms with E-state index >= 15 is 0 Å². The molecule has 0 unspecified atom stereocenters. The number of rotatable bonds is 2. The second-order valence-electron chi connectivity index (χ2n) is 3.31. The van der Waals surface area contributed by atoms with E-state index in [1.807, 2.05) is 0 Å². The normalized spacial score (nSPS) is 10.2. The first-order chi connectivity index (χ1) is 8.11. The van der Waals surface area contributed by atoms with Gasteiger partial charge in [0.25, 0.3) is 5.56 Å². The van der Waals surface area contributed by atoms with Gasteiger partial charge in [0, 0.05) is 25.4 Å². The number of carbonyl (C=O) groups is 1. The zero-order valence-electron chi connectivity index (χ0n) is 9.32. The van der Waals surface area contributed by atoms with E-state index in [1.165, 1.54) is 23.9 Å². The van der Waals surface area contributed by atoms with Crippen LogP contribution in [0, 0.1) is 0 Å². The van der Waals surface area contributed by atoms with Crippen molar-refractivity contribution in [2.75, 3.05) is 7.11 Å². The Labute approximate surface area is 96.2 Å². The molecule has 0 aromatic carbocycles. The van der Waals surface area contributed by atoms with Crippen LogP contribution in [0.1, 0.15) is 10.5 Å². The van der Waals surface area contributed by atoms with Crippen LogP contribution >= 0.6 is 0 Å². The van der Waals surface area contributed by atoms with Gasteiger partial charge in [-0.2, -0.15) is 14.9 Å². The van der Waals surface area contributed by atoms with Crippen LogP contribution in [0.4, 0.5) is 0 Å². The van der Waals surface area contributed by atoms with E-state index < -0.39 is 5.97 Å². The molecule has 17 heavy (non-hydrogen) atoms. The van der Waals surface area contributed by atoms with Crippen molar-refractivity contribution in [3.63, 3.8) is 0 Å². The molecule has 0 aliphatic rings. The first-order valence-corrected chi connectivity index (χ1v) is 4.80. The first-order valence-electron chi connectivity index (χ1n) is 4.80. The van der Waals surface area contributed by atoms with Crippen molar-refractivity contribution in [3.05, 3.63) is 40.4 Å². The van der Waals surface area contributed by atoms with Crippen molar-refractivity contribution < 1.29 is 9.53 Å². The average Bonchev–Trinajstić information content (AvgIpc) is 2.75. The summed E-state index contributed by atoms with van der Waals surface area (Å²) in [4.78, 5) is 22.9. The average molecular weight is 234 g/mol. The van der Waals surface area contributed by atoms with Crippen LogP contribution < -0.4 is 5.56 Å². The van der Waals surface area contributed by atoms with E-state index in [9.17, 15) is 9.59 Å². The lowest BCUT2D eigenvalue weighted by Crippen LogP contribution is -2.23. The molecule has 0 radical (unpaired) electrons. The van der Waals surface area contributed by atoms with Gasteiger partial charge in [0.1, 0.15) is 0 Å². The summed E-state index contributed by atoms with van der Waals surface area (Å²) < 4.78 is 7.11. The van der Waals surface area contributed by atoms with Gasteiger partial charge in [0.05, 0.1) is 7.11 Å². The summed E-state index contributed by atoms with van der Waals surface area (Å²) in [5.41, 5.74) is -0.311. The molecule has 0 bridgehead atoms. The molecule has 0 atom stereocenters. The predicted octanol–water partition coefficient (Wildman–Crippen LogP) is -0.247. The summed E-state index contributed by atoms with van der Waals surface area (Å²) in [7, 11) is 2.97. The van der Waals surface area contributed by atoms with Crippen molar-refractivity contribution in [1.29, 1.82) is 0 Å². The predicted molar refractivity (Wildman–Crippen MR) is 57.9 cm³/mol. The molecule has 0 aliphatic carbocycles. The molecule has 2 aromatic heterocycles. The summed E-state index contributed by atoms with van der Waals surface area (Å²) in [6.45, 7) is 0. The van der Waals surface area contributed by atoms with Gasteiger partial charge in [-0.3, -0.25) is 9.48 Å². The Balaban J connectivity index is 2.53. The highest BCUT2D eigenvalue weighted by atomic mass is 16.5. The molecule has 2 heterocycles. The molecular formula is C10H10N4O3. The number of aromatic nitrogens is 4. The number of hydrogen-bond donors (Lipinski definition) is 0. The Bertz CT molecular complexity index is 614. The summed E-state index contributed by atoms with van der Waals surface area (Å²) in [6, 6.07) is 4.18. The lowest BCUT2D eigenvalue weighted by Gasteiger charge is -2.02. The number of esters is 1. The SMILES string of the molecule is COC(=O)c1ccc(=O)n(-c2ccn(C)n2)n1. The van der Waals surface area contributed by atoms with Crippen molar-refractivity contribution in [3.8, 4) is 5.82 Å². The van der Waals surface area contributed by atoms with Crippen LogP contribution in [-0.2, 0) is 11.8 Å². The number of aryl methyl sites for hydroxylation is 1. The minimum atomic E-state index is -0.602. The maximum absolute atomic E-state index is 11.6. The molecule has 0 aliphatic heterocycles. The van der Waals surface area contributed by atoms with Gasteiger partial charge >= 0.3 is 5.97 Å². The second-order valence-corrected chi connectivity index (χ2v) is 3.31. The first kappa shape index (κ1) is 11.1. The topological polar surface area (TPSA) is 79.0 Å². The minimum absolute atomic E-state index is 0.0535. The van der Waals surface area contributed by atoms with E-state index in [1.54, 1.807) is 19.3 Å². The maximum atomic E-state index is 11.6. The third-order valence-corrected chi connectivity index (χ3v) is 2.11. The van der Waals surface area contributed by atoms with Crippen LogP contribution in [0.2, 0.25) is 0 Å². The Morgan fingerprint density at radius 2 is 2.06 bits per heavy atom. The lowest BCUT2D eigenvalue weighted by atomic mass is 10.4. The molecule has 0 amide bonds. The van der Waals surface area contributed by atoms with E-state index in [0.717, 1.165) is 4.68 Å². The maximum Gasteiger partial charge on any atom is 0.358 e. The second kappa shape index (κ2) is 4.20. The molecule has 2 aromatic rings. The van der Waals surface area contributed by atoms with Crippen LogP contribution in [0.5, 0.6) is 0 Å². The highest BCUT2D eigenvalue weighted by Crippen LogP contribution is 2.00. The molecule has 0 saturated heterocycles. The lowest BCUT2D eigenvalue weighted by molar-refractivity contribution is 0.0591. The fourth-order valence-electron chi connectivity index (χ4n) is 1.30. The summed E-state index contributed by atoms with van der Waals surface area (Å²) in [5, 5.41) is 7.91. The molecule has 7 heteroatoms. The summed E-state index contributed by atoms with van der Waals surface area (Å²) in [5.74, 6) is -0.252. The molecule has 0 N–H and O–H groups in total. The zero-order valence-corrected chi connectivity index (χ0v) is 9.32. The Kier molecular flexibility index (Phi) is 2.73. The monoisotopic (exact) mass is 234 g/mol. The Hall–Kier alpha value is -2.44. The number of ether oxygens (including phenoxy) is 1. The zero-order chi connectivity index (χ0) is 12.4. The number of hydrogen-bond acceptors (Lipinski definition) is 5. The van der Waals surface area contributed by atoms with Crippen molar-refractivity contribution in [2.24, 2.45) is 7.05 Å². The van der Waals surface area contributed by atoms with Gasteiger partial charge in [0.2, 0.25) is 0 Å². The Morgan fingerprint density at radius 3 is 2.65 bits per heavy atom. The van der Waals surface area contributed by atoms with Crippen LogP contribution in [0.3, 0.4) is 0 Å². The summed E-state index contributed by atoms with van der Waals surface area (Å²) >= 11 is 0. The molecule has 0 saturated carbocycles. The smallest absolute Gasteiger partial charge is 0.358 e. The van der Waals surface area contributed by atoms with Crippen molar-refractivity contribution in [1.82, 2.24) is 19.6 Å². The summed E-state index contributed by atoms with van der Waals surface area (Å²) in [6.07, 6.45) is 1.67. The van der Waals surface area contributed by atoms with Gasteiger partial charge < -0.3 is 4.74 Å². The number of carbonyl (C=O) groups excluding carboxylic acids is 1. The van der Waals surface area contributed by atoms with E-state index in [2.05, 4.69) is 14.9 Å². The highest BCUT2D eigenvalue weighted by molar-refractivity contribution is 5.86. The van der Waals surface area contributed by atoms with E-state index in [0.29, 0.717) is 5.82 Å². The third-order valence-electron chi connectivity index (χ3n) is 2.11. The van der Waals surface area contributed by atoms with E-state index in [-0.39, 0.29) is 11.3 Å². The van der Waals surface area contributed by atoms with Gasteiger partial charge in [-0.05, 0) is 6.07 Å². The molecular weight excluding hydrogens is 224 g/mol. The van der Waals surface area contributed by atoms with Gasteiger partial charge in [-0.25, -0.2) is 4.79 Å². The number of methoxy groups -OCH3 is 1. The third kappa shape index (κ3) is 2.07. The van der Waals surface area contributed by atoms with Gasteiger partial charge in [-0.15, -0.1) is 0 Å². The standard InChI is InChI=1S/C10H10N4O3/c1-13-6-5-8(12-13)14-9(15)4-3-7(11-14)10(16)17-2/h3-6H,1-2H3. The fourth-order valence-corrected chi connectivity index (χ4v) is 1.30. The van der Waals surface area contributed by atoms with Crippen LogP contribution in [0.15, 0.2) is 29.2 Å². The fraction of sp³-hybridized carbons (Fsp3) is 0.200. The van der Waals surface area contributed by atoms with Crippen molar-refractivity contribution >= 4 is 5.97 Å². The number of nitrogens with zero attached hydrogens (tertiary/aromatic N) is 4. The quantitative estimate of drug-likeness (QED) is 0.669. The van der Waals surface area contributed by atoms with Crippen LogP contribution in [0.25, 0.3) is 5.82 Å². The minimum Gasteiger partial charge on any atom is -0.464 e. The molecule has 7 nitrogen and oxygen atoms in total. The highest BCUT2D eigenvalue weighted by Gasteiger charge is 2.11.